The Kier molecular flexibility index (Phi) is 3.49. The van der Waals surface area contributed by atoms with E-state index in [2.05, 4.69) is 10.5 Å². The summed E-state index contributed by atoms with van der Waals surface area (Å²) in [6, 6.07) is 13.6. The zero-order valence-corrected chi connectivity index (χ0v) is 11.6. The van der Waals surface area contributed by atoms with Gasteiger partial charge in [-0.2, -0.15) is 5.10 Å². The van der Waals surface area contributed by atoms with Crippen LogP contribution in [-0.4, -0.2) is 15.1 Å². The largest absolute Gasteiger partial charge is 0.508 e. The molecule has 21 heavy (non-hydrogen) atoms. The summed E-state index contributed by atoms with van der Waals surface area (Å²) < 4.78 is 0. The molecule has 3 rings (SSSR count). The van der Waals surface area contributed by atoms with Gasteiger partial charge < -0.3 is 5.11 Å². The lowest BCUT2D eigenvalue weighted by Crippen LogP contribution is -2.07. The number of thioether (sulfide) groups is 1. The molecule has 0 bridgehead atoms. The van der Waals surface area contributed by atoms with Gasteiger partial charge >= 0.3 is 0 Å². The Morgan fingerprint density at radius 2 is 2.00 bits per heavy atom. The molecular formula is C14H11N3O3S. The maximum Gasteiger partial charge on any atom is 0.270 e. The van der Waals surface area contributed by atoms with Crippen LogP contribution >= 0.6 is 11.8 Å². The van der Waals surface area contributed by atoms with Crippen LogP contribution in [0.15, 0.2) is 53.6 Å². The van der Waals surface area contributed by atoms with Gasteiger partial charge in [-0.1, -0.05) is 42.1 Å². The Labute approximate surface area is 124 Å². The highest BCUT2D eigenvalue weighted by molar-refractivity contribution is 8.14. The van der Waals surface area contributed by atoms with Crippen molar-refractivity contribution in [2.75, 3.05) is 0 Å². The molecule has 1 heterocycles. The summed E-state index contributed by atoms with van der Waals surface area (Å²) in [5.41, 5.74) is 4.25. The number of nitrogens with one attached hydrogen (secondary N) is 1. The van der Waals surface area contributed by atoms with Gasteiger partial charge in [0.05, 0.1) is 4.92 Å². The molecular weight excluding hydrogens is 290 g/mol. The monoisotopic (exact) mass is 301 g/mol. The number of rotatable bonds is 3. The minimum atomic E-state index is -0.485. The number of nitro groups is 1. The van der Waals surface area contributed by atoms with E-state index in [9.17, 15) is 15.2 Å². The third kappa shape index (κ3) is 2.68. The minimum Gasteiger partial charge on any atom is -0.508 e. The second kappa shape index (κ2) is 5.45. The van der Waals surface area contributed by atoms with Crippen molar-refractivity contribution >= 4 is 22.5 Å². The van der Waals surface area contributed by atoms with Gasteiger partial charge in [0, 0.05) is 23.3 Å². The SMILES string of the molecule is O=[N+]([O-])c1ccc(O)c([C@@H]2NN=C(c3ccccc3)S2)c1. The highest BCUT2D eigenvalue weighted by Gasteiger charge is 2.26. The molecule has 0 fully saturated rings. The normalized spacial score (nSPS) is 17.1. The zero-order valence-electron chi connectivity index (χ0n) is 10.8. The van der Waals surface area contributed by atoms with Crippen LogP contribution in [0.2, 0.25) is 0 Å². The molecule has 0 radical (unpaired) electrons. The van der Waals surface area contributed by atoms with Crippen molar-refractivity contribution in [3.05, 3.63) is 69.8 Å². The molecule has 106 valence electrons. The maximum absolute atomic E-state index is 10.8. The van der Waals surface area contributed by atoms with E-state index in [-0.39, 0.29) is 16.8 Å². The fraction of sp³-hybridized carbons (Fsp3) is 0.0714. The molecule has 0 aliphatic carbocycles. The van der Waals surface area contributed by atoms with Gasteiger partial charge in [-0.05, 0) is 6.07 Å². The first kappa shape index (κ1) is 13.4. The summed E-state index contributed by atoms with van der Waals surface area (Å²) in [6.07, 6.45) is 0. The van der Waals surface area contributed by atoms with Crippen molar-refractivity contribution in [3.8, 4) is 5.75 Å². The van der Waals surface area contributed by atoms with Gasteiger partial charge in [0.25, 0.3) is 5.69 Å². The van der Waals surface area contributed by atoms with Crippen molar-refractivity contribution in [2.45, 2.75) is 5.37 Å². The summed E-state index contributed by atoms with van der Waals surface area (Å²) in [5, 5.41) is 25.4. The standard InChI is InChI=1S/C14H11N3O3S/c18-12-7-6-10(17(19)20)8-11(12)14-16-15-13(21-14)9-4-2-1-3-5-9/h1-8,14,16,18H/t14-/m1/s1. The van der Waals surface area contributed by atoms with Crippen molar-refractivity contribution in [1.29, 1.82) is 0 Å². The van der Waals surface area contributed by atoms with Crippen molar-refractivity contribution < 1.29 is 10.0 Å². The van der Waals surface area contributed by atoms with Gasteiger partial charge in [0.15, 0.2) is 0 Å². The Hall–Kier alpha value is -2.54. The van der Waals surface area contributed by atoms with Crippen LogP contribution in [-0.2, 0) is 0 Å². The molecule has 0 spiro atoms. The number of non-ortho nitro benzene ring substituents is 1. The fourth-order valence-corrected chi connectivity index (χ4v) is 3.02. The van der Waals surface area contributed by atoms with Crippen LogP contribution in [0.25, 0.3) is 0 Å². The lowest BCUT2D eigenvalue weighted by molar-refractivity contribution is -0.384. The van der Waals surface area contributed by atoms with Crippen LogP contribution < -0.4 is 5.43 Å². The Morgan fingerprint density at radius 3 is 2.71 bits per heavy atom. The molecule has 6 nitrogen and oxygen atoms in total. The molecule has 1 aliphatic heterocycles. The fourth-order valence-electron chi connectivity index (χ4n) is 1.99. The third-order valence-corrected chi connectivity index (χ3v) is 4.18. The second-order valence-electron chi connectivity index (χ2n) is 4.41. The lowest BCUT2D eigenvalue weighted by atomic mass is 10.2. The first-order valence-electron chi connectivity index (χ1n) is 6.18. The molecule has 7 heteroatoms. The second-order valence-corrected chi connectivity index (χ2v) is 5.50. The van der Waals surface area contributed by atoms with E-state index in [4.69, 9.17) is 0 Å². The number of phenolic OH excluding ortho intramolecular Hbond substituents is 1. The van der Waals surface area contributed by atoms with E-state index in [0.717, 1.165) is 10.6 Å². The van der Waals surface area contributed by atoms with Crippen molar-refractivity contribution in [1.82, 2.24) is 5.43 Å². The maximum atomic E-state index is 10.8. The van der Waals surface area contributed by atoms with Gasteiger partial charge in [-0.15, -0.1) is 0 Å². The number of phenols is 1. The first-order valence-corrected chi connectivity index (χ1v) is 7.06. The average molecular weight is 301 g/mol. The topological polar surface area (TPSA) is 87.8 Å². The summed E-state index contributed by atoms with van der Waals surface area (Å²) in [6.45, 7) is 0. The minimum absolute atomic E-state index is 0.00936. The molecule has 1 aliphatic rings. The molecule has 0 saturated carbocycles. The molecule has 2 aromatic rings. The molecule has 0 unspecified atom stereocenters. The molecule has 2 N–H and O–H groups in total. The number of hydrazone groups is 1. The van der Waals surface area contributed by atoms with Crippen LogP contribution in [0.3, 0.4) is 0 Å². The number of hydrogen-bond acceptors (Lipinski definition) is 6. The Bertz CT molecular complexity index is 719. The number of hydrogen-bond donors (Lipinski definition) is 2. The first-order chi connectivity index (χ1) is 10.1. The number of nitro benzene ring substituents is 1. The predicted molar refractivity (Wildman–Crippen MR) is 81.2 cm³/mol. The quantitative estimate of drug-likeness (QED) is 0.672. The van der Waals surface area contributed by atoms with E-state index in [1.807, 2.05) is 30.3 Å². The van der Waals surface area contributed by atoms with Crippen molar-refractivity contribution in [2.24, 2.45) is 5.10 Å². The van der Waals surface area contributed by atoms with E-state index in [1.54, 1.807) is 0 Å². The zero-order chi connectivity index (χ0) is 14.8. The predicted octanol–water partition coefficient (Wildman–Crippen LogP) is 3.00. The highest BCUT2D eigenvalue weighted by atomic mass is 32.2. The van der Waals surface area contributed by atoms with Crippen molar-refractivity contribution in [3.63, 3.8) is 0 Å². The number of nitrogens with zero attached hydrogens (tertiary/aromatic N) is 2. The van der Waals surface area contributed by atoms with Crippen LogP contribution in [0.5, 0.6) is 5.75 Å². The van der Waals surface area contributed by atoms with E-state index in [1.165, 1.54) is 30.0 Å². The van der Waals surface area contributed by atoms with Crippen LogP contribution in [0.4, 0.5) is 5.69 Å². The third-order valence-electron chi connectivity index (χ3n) is 3.04. The highest BCUT2D eigenvalue weighted by Crippen LogP contribution is 2.39. The summed E-state index contributed by atoms with van der Waals surface area (Å²) in [5.74, 6) is 0.00936. The summed E-state index contributed by atoms with van der Waals surface area (Å²) in [7, 11) is 0. The van der Waals surface area contributed by atoms with Gasteiger partial charge in [0.1, 0.15) is 16.2 Å². The Balaban J connectivity index is 1.85. The van der Waals surface area contributed by atoms with E-state index < -0.39 is 4.92 Å². The van der Waals surface area contributed by atoms with Gasteiger partial charge in [0.2, 0.25) is 0 Å². The smallest absolute Gasteiger partial charge is 0.270 e. The molecule has 2 aromatic carbocycles. The molecule has 0 saturated heterocycles. The van der Waals surface area contributed by atoms with E-state index in [0.29, 0.717) is 5.56 Å². The van der Waals surface area contributed by atoms with Crippen LogP contribution in [0.1, 0.15) is 16.5 Å². The Morgan fingerprint density at radius 1 is 1.24 bits per heavy atom. The van der Waals surface area contributed by atoms with Crippen LogP contribution in [0, 0.1) is 10.1 Å². The van der Waals surface area contributed by atoms with Gasteiger partial charge in [-0.3, -0.25) is 15.5 Å². The lowest BCUT2D eigenvalue weighted by Gasteiger charge is -2.11. The number of benzene rings is 2. The molecule has 0 aromatic heterocycles. The van der Waals surface area contributed by atoms with E-state index >= 15 is 0 Å². The average Bonchev–Trinajstić information content (AvgIpc) is 2.98. The summed E-state index contributed by atoms with van der Waals surface area (Å²) in [4.78, 5) is 10.3. The molecule has 1 atom stereocenters. The summed E-state index contributed by atoms with van der Waals surface area (Å²) >= 11 is 1.41. The molecule has 0 amide bonds. The van der Waals surface area contributed by atoms with Gasteiger partial charge in [-0.25, -0.2) is 0 Å². The number of aromatic hydroxyl groups is 1.